The van der Waals surface area contributed by atoms with E-state index in [2.05, 4.69) is 27.1 Å². The van der Waals surface area contributed by atoms with Gasteiger partial charge in [0, 0.05) is 36.1 Å². The molecule has 0 aliphatic heterocycles. The molecule has 21 heavy (non-hydrogen) atoms. The van der Waals surface area contributed by atoms with Crippen molar-refractivity contribution in [1.82, 2.24) is 9.97 Å². The third kappa shape index (κ3) is 4.60. The lowest BCUT2D eigenvalue weighted by Gasteiger charge is -2.18. The molecule has 112 valence electrons. The van der Waals surface area contributed by atoms with Gasteiger partial charge in [-0.1, -0.05) is 31.0 Å². The molecule has 0 fully saturated rings. The molecule has 2 rings (SSSR count). The van der Waals surface area contributed by atoms with Crippen molar-refractivity contribution in [3.8, 4) is 0 Å². The van der Waals surface area contributed by atoms with Crippen molar-refractivity contribution in [1.29, 1.82) is 0 Å². The van der Waals surface area contributed by atoms with E-state index >= 15 is 0 Å². The Morgan fingerprint density at radius 3 is 2.76 bits per heavy atom. The van der Waals surface area contributed by atoms with Gasteiger partial charge in [0.05, 0.1) is 0 Å². The van der Waals surface area contributed by atoms with Crippen LogP contribution < -0.4 is 10.2 Å². The molecule has 1 aromatic carbocycles. The van der Waals surface area contributed by atoms with Gasteiger partial charge in [-0.3, -0.25) is 0 Å². The number of anilines is 3. The maximum Gasteiger partial charge on any atom is 0.227 e. The predicted molar refractivity (Wildman–Crippen MR) is 89.7 cm³/mol. The lowest BCUT2D eigenvalue weighted by Crippen LogP contribution is -2.21. The summed E-state index contributed by atoms with van der Waals surface area (Å²) in [6, 6.07) is 9.52. The number of aromatic nitrogens is 2. The summed E-state index contributed by atoms with van der Waals surface area (Å²) in [4.78, 5) is 11.1. The first-order valence-electron chi connectivity index (χ1n) is 7.18. The van der Waals surface area contributed by atoms with Crippen molar-refractivity contribution >= 4 is 29.1 Å². The topological polar surface area (TPSA) is 41.1 Å². The van der Waals surface area contributed by atoms with Crippen molar-refractivity contribution < 1.29 is 0 Å². The molecule has 0 unspecified atom stereocenters. The lowest BCUT2D eigenvalue weighted by molar-refractivity contribution is 0.749. The van der Waals surface area contributed by atoms with Crippen LogP contribution >= 0.6 is 11.6 Å². The van der Waals surface area contributed by atoms with Gasteiger partial charge in [-0.25, -0.2) is 4.98 Å². The van der Waals surface area contributed by atoms with Crippen LogP contribution in [0.3, 0.4) is 0 Å². The number of halogens is 1. The molecular weight excluding hydrogens is 284 g/mol. The van der Waals surface area contributed by atoms with Crippen molar-refractivity contribution in [2.45, 2.75) is 26.7 Å². The van der Waals surface area contributed by atoms with Crippen LogP contribution in [-0.2, 0) is 0 Å². The molecule has 2 aromatic rings. The summed E-state index contributed by atoms with van der Waals surface area (Å²) in [5.41, 5.74) is 1.86. The molecule has 4 nitrogen and oxygen atoms in total. The van der Waals surface area contributed by atoms with Gasteiger partial charge in [0.2, 0.25) is 5.95 Å². The van der Waals surface area contributed by atoms with Crippen molar-refractivity contribution in [3.05, 3.63) is 41.0 Å². The summed E-state index contributed by atoms with van der Waals surface area (Å²) in [5.74, 6) is 1.52. The van der Waals surface area contributed by atoms with E-state index in [0.29, 0.717) is 5.02 Å². The summed E-state index contributed by atoms with van der Waals surface area (Å²) in [7, 11) is 2.02. The fourth-order valence-electron chi connectivity index (χ4n) is 2.00. The first-order chi connectivity index (χ1) is 10.1. The number of nitrogens with zero attached hydrogens (tertiary/aromatic N) is 3. The van der Waals surface area contributed by atoms with E-state index in [1.54, 1.807) is 0 Å². The molecule has 5 heteroatoms. The standard InChI is InChI=1S/C16H21ClN4/c1-4-5-9-21(3)16-18-12(2)10-15(20-16)19-14-8-6-7-13(17)11-14/h6-8,10-11H,4-5,9H2,1-3H3,(H,18,19,20). The number of benzene rings is 1. The summed E-state index contributed by atoms with van der Waals surface area (Å²) in [6.45, 7) is 5.11. The summed E-state index contributed by atoms with van der Waals surface area (Å²) >= 11 is 6.00. The van der Waals surface area contributed by atoms with Crippen LogP contribution in [0.2, 0.25) is 5.02 Å². The van der Waals surface area contributed by atoms with E-state index in [0.717, 1.165) is 42.5 Å². The highest BCUT2D eigenvalue weighted by atomic mass is 35.5. The molecule has 0 spiro atoms. The molecule has 1 aromatic heterocycles. The average molecular weight is 305 g/mol. The summed E-state index contributed by atoms with van der Waals surface area (Å²) < 4.78 is 0. The Bertz CT molecular complexity index is 601. The maximum atomic E-state index is 6.00. The monoisotopic (exact) mass is 304 g/mol. The second-order valence-corrected chi connectivity index (χ2v) is 5.54. The molecule has 0 bridgehead atoms. The minimum atomic E-state index is 0.700. The van der Waals surface area contributed by atoms with Gasteiger partial charge in [-0.15, -0.1) is 0 Å². The Morgan fingerprint density at radius 1 is 1.24 bits per heavy atom. The summed E-state index contributed by atoms with van der Waals surface area (Å²) in [5, 5.41) is 3.97. The zero-order valence-corrected chi connectivity index (χ0v) is 13.5. The fraction of sp³-hybridized carbons (Fsp3) is 0.375. The molecule has 1 N–H and O–H groups in total. The number of nitrogens with one attached hydrogen (secondary N) is 1. The first kappa shape index (κ1) is 15.6. The fourth-order valence-corrected chi connectivity index (χ4v) is 2.19. The number of aryl methyl sites for hydroxylation is 1. The minimum Gasteiger partial charge on any atom is -0.344 e. The number of hydrogen-bond donors (Lipinski definition) is 1. The Labute approximate surface area is 131 Å². The largest absolute Gasteiger partial charge is 0.344 e. The van der Waals surface area contributed by atoms with Crippen LogP contribution in [0.4, 0.5) is 17.5 Å². The predicted octanol–water partition coefficient (Wildman–Crippen LogP) is 4.42. The molecule has 0 atom stereocenters. The van der Waals surface area contributed by atoms with E-state index in [9.17, 15) is 0 Å². The first-order valence-corrected chi connectivity index (χ1v) is 7.55. The molecular formula is C16H21ClN4. The van der Waals surface area contributed by atoms with Crippen molar-refractivity contribution in [2.24, 2.45) is 0 Å². The number of rotatable bonds is 6. The lowest BCUT2D eigenvalue weighted by atomic mass is 10.3. The zero-order valence-electron chi connectivity index (χ0n) is 12.7. The van der Waals surface area contributed by atoms with E-state index in [-0.39, 0.29) is 0 Å². The van der Waals surface area contributed by atoms with Crippen LogP contribution in [0.1, 0.15) is 25.5 Å². The normalized spacial score (nSPS) is 10.5. The average Bonchev–Trinajstić information content (AvgIpc) is 2.44. The smallest absolute Gasteiger partial charge is 0.227 e. The molecule has 0 saturated heterocycles. The van der Waals surface area contributed by atoms with Crippen LogP contribution in [0.15, 0.2) is 30.3 Å². The highest BCUT2D eigenvalue weighted by Gasteiger charge is 2.07. The quantitative estimate of drug-likeness (QED) is 0.858. The van der Waals surface area contributed by atoms with Gasteiger partial charge in [0.25, 0.3) is 0 Å². The molecule has 0 radical (unpaired) electrons. The van der Waals surface area contributed by atoms with Crippen molar-refractivity contribution in [3.63, 3.8) is 0 Å². The molecule has 0 aliphatic carbocycles. The Balaban J connectivity index is 2.18. The van der Waals surface area contributed by atoms with E-state index in [1.165, 1.54) is 0 Å². The van der Waals surface area contributed by atoms with Gasteiger partial charge >= 0.3 is 0 Å². The van der Waals surface area contributed by atoms with Crippen molar-refractivity contribution in [2.75, 3.05) is 23.8 Å². The second kappa shape index (κ2) is 7.27. The van der Waals surface area contributed by atoms with Gasteiger partial charge in [0.1, 0.15) is 5.82 Å². The van der Waals surface area contributed by atoms with Crippen LogP contribution in [0.25, 0.3) is 0 Å². The van der Waals surface area contributed by atoms with Gasteiger partial charge in [0.15, 0.2) is 0 Å². The Morgan fingerprint density at radius 2 is 2.05 bits per heavy atom. The Kier molecular flexibility index (Phi) is 5.39. The van der Waals surface area contributed by atoms with E-state index < -0.39 is 0 Å². The molecule has 0 saturated carbocycles. The van der Waals surface area contributed by atoms with Gasteiger partial charge < -0.3 is 10.2 Å². The molecule has 0 aliphatic rings. The van der Waals surface area contributed by atoms with E-state index in [1.807, 2.05) is 44.3 Å². The zero-order chi connectivity index (χ0) is 15.2. The van der Waals surface area contributed by atoms with E-state index in [4.69, 9.17) is 11.6 Å². The third-order valence-corrected chi connectivity index (χ3v) is 3.36. The van der Waals surface area contributed by atoms with Crippen LogP contribution in [0, 0.1) is 6.92 Å². The third-order valence-electron chi connectivity index (χ3n) is 3.13. The number of hydrogen-bond acceptors (Lipinski definition) is 4. The Hall–Kier alpha value is -1.81. The maximum absolute atomic E-state index is 6.00. The van der Waals surface area contributed by atoms with Crippen LogP contribution in [-0.4, -0.2) is 23.6 Å². The SMILES string of the molecule is CCCCN(C)c1nc(C)cc(Nc2cccc(Cl)c2)n1. The number of unbranched alkanes of at least 4 members (excludes halogenated alkanes) is 1. The highest BCUT2D eigenvalue weighted by Crippen LogP contribution is 2.20. The van der Waals surface area contributed by atoms with Crippen LogP contribution in [0.5, 0.6) is 0 Å². The minimum absolute atomic E-state index is 0.700. The second-order valence-electron chi connectivity index (χ2n) is 5.11. The molecule has 0 amide bonds. The van der Waals surface area contributed by atoms with Gasteiger partial charge in [-0.2, -0.15) is 4.98 Å². The summed E-state index contributed by atoms with van der Waals surface area (Å²) in [6.07, 6.45) is 2.29. The molecule has 1 heterocycles. The highest BCUT2D eigenvalue weighted by molar-refractivity contribution is 6.30. The van der Waals surface area contributed by atoms with Gasteiger partial charge in [-0.05, 0) is 31.5 Å².